The quantitative estimate of drug-likeness (QED) is 0.729. The first-order valence-electron chi connectivity index (χ1n) is 8.66. The number of nitrogens with zero attached hydrogens (tertiary/aromatic N) is 1. The Labute approximate surface area is 150 Å². The molecule has 0 radical (unpaired) electrons. The van der Waals surface area contributed by atoms with Crippen molar-refractivity contribution >= 4 is 23.4 Å². The molecule has 0 saturated carbocycles. The number of hydrogen-bond acceptors (Lipinski definition) is 2. The topological polar surface area (TPSA) is 49.4 Å². The van der Waals surface area contributed by atoms with Crippen LogP contribution in [0.4, 0.5) is 0 Å². The van der Waals surface area contributed by atoms with Gasteiger partial charge in [0, 0.05) is 24.5 Å². The maximum Gasteiger partial charge on any atom is 0.242 e. The first-order chi connectivity index (χ1) is 11.3. The number of nitrogens with one attached hydrogen (secondary N) is 1. The van der Waals surface area contributed by atoms with Gasteiger partial charge in [-0.05, 0) is 43.4 Å². The van der Waals surface area contributed by atoms with Gasteiger partial charge in [0.1, 0.15) is 6.04 Å². The second kappa shape index (κ2) is 10.3. The highest BCUT2D eigenvalue weighted by atomic mass is 35.5. The van der Waals surface area contributed by atoms with Crippen LogP contribution in [0.15, 0.2) is 24.3 Å². The second-order valence-electron chi connectivity index (χ2n) is 6.55. The van der Waals surface area contributed by atoms with E-state index in [9.17, 15) is 9.59 Å². The molecule has 1 aromatic rings. The monoisotopic (exact) mass is 352 g/mol. The fourth-order valence-corrected chi connectivity index (χ4v) is 2.48. The van der Waals surface area contributed by atoms with Crippen LogP contribution >= 0.6 is 11.6 Å². The molecule has 0 aliphatic rings. The number of carbonyl (C=O) groups excluding carboxylic acids is 2. The van der Waals surface area contributed by atoms with Gasteiger partial charge in [-0.3, -0.25) is 9.59 Å². The zero-order valence-electron chi connectivity index (χ0n) is 15.1. The third-order valence-corrected chi connectivity index (χ3v) is 4.17. The summed E-state index contributed by atoms with van der Waals surface area (Å²) in [5.41, 5.74) is 0.964. The fraction of sp³-hybridized carbons (Fsp3) is 0.579. The minimum absolute atomic E-state index is 0.000963. The zero-order valence-corrected chi connectivity index (χ0v) is 15.9. The molecular formula is C19H29ClN2O2. The van der Waals surface area contributed by atoms with Gasteiger partial charge < -0.3 is 10.2 Å². The summed E-state index contributed by atoms with van der Waals surface area (Å²) in [6.45, 7) is 9.03. The molecule has 5 heteroatoms. The first kappa shape index (κ1) is 20.5. The number of benzene rings is 1. The van der Waals surface area contributed by atoms with Gasteiger partial charge in [-0.25, -0.2) is 0 Å². The Morgan fingerprint density at radius 3 is 2.33 bits per heavy atom. The van der Waals surface area contributed by atoms with Crippen molar-refractivity contribution in [3.63, 3.8) is 0 Å². The Balaban J connectivity index is 2.78. The molecule has 24 heavy (non-hydrogen) atoms. The van der Waals surface area contributed by atoms with Crippen LogP contribution in [0.1, 0.15) is 52.5 Å². The van der Waals surface area contributed by atoms with Crippen LogP contribution in [0, 0.1) is 5.92 Å². The van der Waals surface area contributed by atoms with E-state index in [2.05, 4.69) is 19.2 Å². The molecule has 0 aromatic heterocycles. The highest BCUT2D eigenvalue weighted by Gasteiger charge is 2.25. The smallest absolute Gasteiger partial charge is 0.242 e. The van der Waals surface area contributed by atoms with Crippen molar-refractivity contribution in [2.24, 2.45) is 5.92 Å². The summed E-state index contributed by atoms with van der Waals surface area (Å²) in [7, 11) is 0. The molecular weight excluding hydrogens is 324 g/mol. The van der Waals surface area contributed by atoms with Crippen molar-refractivity contribution in [1.29, 1.82) is 0 Å². The molecule has 0 unspecified atom stereocenters. The lowest BCUT2D eigenvalue weighted by Gasteiger charge is -2.29. The Morgan fingerprint density at radius 2 is 1.79 bits per heavy atom. The minimum Gasteiger partial charge on any atom is -0.354 e. The Morgan fingerprint density at radius 1 is 1.17 bits per heavy atom. The van der Waals surface area contributed by atoms with Crippen LogP contribution in [0.5, 0.6) is 0 Å². The summed E-state index contributed by atoms with van der Waals surface area (Å²) in [5, 5.41) is 3.59. The van der Waals surface area contributed by atoms with E-state index in [0.29, 0.717) is 30.5 Å². The van der Waals surface area contributed by atoms with Crippen LogP contribution in [-0.2, 0) is 16.1 Å². The molecule has 1 aromatic carbocycles. The van der Waals surface area contributed by atoms with Gasteiger partial charge in [-0.1, -0.05) is 44.5 Å². The Kier molecular flexibility index (Phi) is 8.83. The van der Waals surface area contributed by atoms with Gasteiger partial charge in [0.15, 0.2) is 0 Å². The van der Waals surface area contributed by atoms with Gasteiger partial charge in [-0.15, -0.1) is 0 Å². The lowest BCUT2D eigenvalue weighted by atomic mass is 10.1. The predicted octanol–water partition coefficient (Wildman–Crippen LogP) is 4.02. The van der Waals surface area contributed by atoms with Crippen molar-refractivity contribution in [2.75, 3.05) is 6.54 Å². The number of rotatable bonds is 9. The van der Waals surface area contributed by atoms with Crippen LogP contribution < -0.4 is 5.32 Å². The van der Waals surface area contributed by atoms with Crippen molar-refractivity contribution in [1.82, 2.24) is 10.2 Å². The lowest BCUT2D eigenvalue weighted by Crippen LogP contribution is -2.47. The Hall–Kier alpha value is -1.55. The van der Waals surface area contributed by atoms with E-state index >= 15 is 0 Å². The number of halogens is 1. The van der Waals surface area contributed by atoms with E-state index < -0.39 is 6.04 Å². The minimum atomic E-state index is -0.494. The number of carbonyl (C=O) groups is 2. The van der Waals surface area contributed by atoms with Crippen molar-refractivity contribution in [3.05, 3.63) is 34.9 Å². The third-order valence-electron chi connectivity index (χ3n) is 3.92. The fourth-order valence-electron chi connectivity index (χ4n) is 2.36. The largest absolute Gasteiger partial charge is 0.354 e. The van der Waals surface area contributed by atoms with Crippen molar-refractivity contribution in [2.45, 2.75) is 59.5 Å². The van der Waals surface area contributed by atoms with Gasteiger partial charge in [0.05, 0.1) is 0 Å². The van der Waals surface area contributed by atoms with E-state index in [-0.39, 0.29) is 11.8 Å². The van der Waals surface area contributed by atoms with E-state index in [1.54, 1.807) is 24.0 Å². The summed E-state index contributed by atoms with van der Waals surface area (Å²) in [6, 6.07) is 6.88. The summed E-state index contributed by atoms with van der Waals surface area (Å²) in [6.07, 6.45) is 2.13. The van der Waals surface area contributed by atoms with E-state index in [0.717, 1.165) is 18.4 Å². The molecule has 0 bridgehead atoms. The highest BCUT2D eigenvalue weighted by Crippen LogP contribution is 2.15. The van der Waals surface area contributed by atoms with Crippen molar-refractivity contribution < 1.29 is 9.59 Å². The maximum atomic E-state index is 12.5. The van der Waals surface area contributed by atoms with Crippen molar-refractivity contribution in [3.8, 4) is 0 Å². The van der Waals surface area contributed by atoms with Gasteiger partial charge in [0.2, 0.25) is 11.8 Å². The second-order valence-corrected chi connectivity index (χ2v) is 6.98. The summed E-state index contributed by atoms with van der Waals surface area (Å²) in [5.74, 6) is 0.431. The molecule has 1 N–H and O–H groups in total. The van der Waals surface area contributed by atoms with Gasteiger partial charge in [-0.2, -0.15) is 0 Å². The Bertz CT molecular complexity index is 529. The van der Waals surface area contributed by atoms with E-state index in [4.69, 9.17) is 11.6 Å². The van der Waals surface area contributed by atoms with Crippen LogP contribution in [-0.4, -0.2) is 29.3 Å². The molecule has 2 amide bonds. The summed E-state index contributed by atoms with van der Waals surface area (Å²) in [4.78, 5) is 26.5. The summed E-state index contributed by atoms with van der Waals surface area (Å²) < 4.78 is 0. The normalized spacial score (nSPS) is 12.1. The lowest BCUT2D eigenvalue weighted by molar-refractivity contribution is -0.140. The number of amides is 2. The standard InChI is InChI=1S/C19H29ClN2O2/c1-5-6-18(23)22(13-16-7-9-17(20)10-8-16)15(4)19(24)21-12-11-14(2)3/h7-10,14-15H,5-6,11-13H2,1-4H3,(H,21,24)/t15-/m1/s1. The van der Waals surface area contributed by atoms with Crippen LogP contribution in [0.2, 0.25) is 5.02 Å². The first-order valence-corrected chi connectivity index (χ1v) is 9.04. The molecule has 1 rings (SSSR count). The molecule has 0 heterocycles. The molecule has 1 atom stereocenters. The zero-order chi connectivity index (χ0) is 18.1. The molecule has 0 saturated heterocycles. The molecule has 4 nitrogen and oxygen atoms in total. The molecule has 0 aliphatic heterocycles. The predicted molar refractivity (Wildman–Crippen MR) is 98.8 cm³/mol. The molecule has 134 valence electrons. The van der Waals surface area contributed by atoms with E-state index in [1.807, 2.05) is 19.1 Å². The maximum absolute atomic E-state index is 12.5. The van der Waals surface area contributed by atoms with Crippen LogP contribution in [0.25, 0.3) is 0 Å². The molecule has 0 fully saturated rings. The highest BCUT2D eigenvalue weighted by molar-refractivity contribution is 6.30. The summed E-state index contributed by atoms with van der Waals surface area (Å²) >= 11 is 5.91. The number of hydrogen-bond donors (Lipinski definition) is 1. The molecule has 0 spiro atoms. The van der Waals surface area contributed by atoms with Gasteiger partial charge >= 0.3 is 0 Å². The average Bonchev–Trinajstić information content (AvgIpc) is 2.53. The average molecular weight is 353 g/mol. The third kappa shape index (κ3) is 6.91. The van der Waals surface area contributed by atoms with Crippen LogP contribution in [0.3, 0.4) is 0 Å². The van der Waals surface area contributed by atoms with E-state index in [1.165, 1.54) is 0 Å². The van der Waals surface area contributed by atoms with Gasteiger partial charge in [0.25, 0.3) is 0 Å². The molecule has 0 aliphatic carbocycles. The SMILES string of the molecule is CCCC(=O)N(Cc1ccc(Cl)cc1)[C@H](C)C(=O)NCCC(C)C.